The fraction of sp³-hybridized carbons (Fsp3) is 0.444. The van der Waals surface area contributed by atoms with Gasteiger partial charge in [0.15, 0.2) is 0 Å². The van der Waals surface area contributed by atoms with Gasteiger partial charge in [-0.05, 0) is 69.0 Å². The summed E-state index contributed by atoms with van der Waals surface area (Å²) in [5.74, 6) is 0.652. The van der Waals surface area contributed by atoms with Crippen molar-refractivity contribution in [3.63, 3.8) is 0 Å². The van der Waals surface area contributed by atoms with Gasteiger partial charge in [0.05, 0.1) is 12.0 Å². The number of nitrogens with zero attached hydrogens (tertiary/aromatic N) is 1. The molecule has 1 N–H and O–H groups in total. The molecule has 3 rings (SSSR count). The number of benzene rings is 1. The third-order valence-corrected chi connectivity index (χ3v) is 6.19. The minimum Gasteiger partial charge on any atom is -0.497 e. The number of ether oxygens (including phenoxy) is 1. The van der Waals surface area contributed by atoms with Gasteiger partial charge >= 0.3 is 0 Å². The molecule has 0 bridgehead atoms. The van der Waals surface area contributed by atoms with Gasteiger partial charge in [-0.1, -0.05) is 0 Å². The number of rotatable bonds is 6. The molecular weight excluding hydrogens is 324 g/mol. The molecule has 0 spiro atoms. The van der Waals surface area contributed by atoms with Gasteiger partial charge in [0.1, 0.15) is 5.75 Å². The van der Waals surface area contributed by atoms with Crippen LogP contribution in [0.5, 0.6) is 5.75 Å². The molecule has 1 heterocycles. The first kappa shape index (κ1) is 17.0. The predicted octanol–water partition coefficient (Wildman–Crippen LogP) is 3.24. The molecule has 0 saturated heterocycles. The second kappa shape index (κ2) is 6.26. The molecule has 0 aliphatic heterocycles. The van der Waals surface area contributed by atoms with E-state index in [1.165, 1.54) is 18.5 Å². The number of hydrogen-bond acceptors (Lipinski definition) is 3. The summed E-state index contributed by atoms with van der Waals surface area (Å²) in [7, 11) is -1.99. The molecule has 0 amide bonds. The lowest BCUT2D eigenvalue weighted by atomic mass is 10.2. The van der Waals surface area contributed by atoms with E-state index in [0.29, 0.717) is 28.8 Å². The van der Waals surface area contributed by atoms with Crippen LogP contribution >= 0.6 is 0 Å². The Morgan fingerprint density at radius 3 is 2.50 bits per heavy atom. The number of sulfonamides is 1. The Bertz CT molecular complexity index is 865. The van der Waals surface area contributed by atoms with E-state index in [9.17, 15) is 8.42 Å². The molecule has 130 valence electrons. The highest BCUT2D eigenvalue weighted by Crippen LogP contribution is 2.38. The third-order valence-electron chi connectivity index (χ3n) is 4.63. The highest BCUT2D eigenvalue weighted by Gasteiger charge is 2.27. The second-order valence-electron chi connectivity index (χ2n) is 6.45. The fourth-order valence-corrected chi connectivity index (χ4v) is 4.45. The largest absolute Gasteiger partial charge is 0.497 e. The number of hydrogen-bond donors (Lipinski definition) is 1. The van der Waals surface area contributed by atoms with Crippen LogP contribution < -0.4 is 9.46 Å². The molecule has 0 unspecified atom stereocenters. The zero-order chi connectivity index (χ0) is 17.5. The topological polar surface area (TPSA) is 60.3 Å². The van der Waals surface area contributed by atoms with E-state index in [1.54, 1.807) is 32.2 Å². The molecule has 0 radical (unpaired) electrons. The lowest BCUT2D eigenvalue weighted by molar-refractivity contribution is 0.414. The standard InChI is InChI=1S/C18H24N2O3S/c1-12-9-17(23-4)7-8-18(12)24(21,22)19-11-15-10-13(2)20(14(15)3)16-5-6-16/h7-10,16,19H,5-6,11H2,1-4H3. The van der Waals surface area contributed by atoms with Gasteiger partial charge in [-0.15, -0.1) is 0 Å². The number of methoxy groups -OCH3 is 1. The smallest absolute Gasteiger partial charge is 0.241 e. The van der Waals surface area contributed by atoms with E-state index in [1.807, 2.05) is 0 Å². The fourth-order valence-electron chi connectivity index (χ4n) is 3.22. The van der Waals surface area contributed by atoms with Crippen LogP contribution in [-0.4, -0.2) is 20.1 Å². The molecule has 1 aromatic carbocycles. The van der Waals surface area contributed by atoms with Crippen molar-refractivity contribution in [1.82, 2.24) is 9.29 Å². The Hall–Kier alpha value is -1.79. The summed E-state index contributed by atoms with van der Waals surface area (Å²) in [4.78, 5) is 0.291. The van der Waals surface area contributed by atoms with E-state index >= 15 is 0 Å². The average Bonchev–Trinajstić information content (AvgIpc) is 3.31. The first-order valence-corrected chi connectivity index (χ1v) is 9.63. The maximum absolute atomic E-state index is 12.6. The summed E-state index contributed by atoms with van der Waals surface area (Å²) in [6.07, 6.45) is 2.43. The summed E-state index contributed by atoms with van der Waals surface area (Å²) in [6, 6.07) is 7.66. The highest BCUT2D eigenvalue weighted by atomic mass is 32.2. The summed E-state index contributed by atoms with van der Waals surface area (Å²) >= 11 is 0. The van der Waals surface area contributed by atoms with E-state index in [2.05, 4.69) is 29.2 Å². The van der Waals surface area contributed by atoms with Crippen molar-refractivity contribution in [1.29, 1.82) is 0 Å². The molecule has 1 aliphatic carbocycles. The predicted molar refractivity (Wildman–Crippen MR) is 93.9 cm³/mol. The minimum absolute atomic E-state index is 0.291. The van der Waals surface area contributed by atoms with E-state index in [4.69, 9.17) is 4.74 Å². The lowest BCUT2D eigenvalue weighted by Crippen LogP contribution is -2.24. The van der Waals surface area contributed by atoms with Crippen molar-refractivity contribution in [2.24, 2.45) is 0 Å². The molecule has 1 aliphatic rings. The lowest BCUT2D eigenvalue weighted by Gasteiger charge is -2.11. The second-order valence-corrected chi connectivity index (χ2v) is 8.19. The normalized spacial score (nSPS) is 14.8. The zero-order valence-electron chi connectivity index (χ0n) is 14.6. The zero-order valence-corrected chi connectivity index (χ0v) is 15.4. The van der Waals surface area contributed by atoms with E-state index in [0.717, 1.165) is 11.3 Å². The molecule has 24 heavy (non-hydrogen) atoms. The minimum atomic E-state index is -3.55. The SMILES string of the molecule is COc1ccc(S(=O)(=O)NCc2cc(C)n(C3CC3)c2C)c(C)c1. The van der Waals surface area contributed by atoms with Gasteiger partial charge in [0.25, 0.3) is 0 Å². The Morgan fingerprint density at radius 1 is 1.21 bits per heavy atom. The van der Waals surface area contributed by atoms with Crippen molar-refractivity contribution in [3.05, 3.63) is 46.8 Å². The van der Waals surface area contributed by atoms with Crippen molar-refractivity contribution < 1.29 is 13.2 Å². The Morgan fingerprint density at radius 2 is 1.92 bits per heavy atom. The Kier molecular flexibility index (Phi) is 4.44. The van der Waals surface area contributed by atoms with Crippen LogP contribution in [0.3, 0.4) is 0 Å². The molecule has 1 saturated carbocycles. The van der Waals surface area contributed by atoms with Gasteiger partial charge in [0.2, 0.25) is 10.0 Å². The van der Waals surface area contributed by atoms with E-state index in [-0.39, 0.29) is 0 Å². The van der Waals surface area contributed by atoms with Gasteiger partial charge in [-0.2, -0.15) is 0 Å². The van der Waals surface area contributed by atoms with Crippen molar-refractivity contribution in [2.45, 2.75) is 51.1 Å². The quantitative estimate of drug-likeness (QED) is 0.872. The molecule has 5 nitrogen and oxygen atoms in total. The van der Waals surface area contributed by atoms with E-state index < -0.39 is 10.0 Å². The third kappa shape index (κ3) is 3.21. The van der Waals surface area contributed by atoms with Crippen LogP contribution in [-0.2, 0) is 16.6 Å². The molecule has 1 fully saturated rings. The Labute approximate surface area is 143 Å². The van der Waals surface area contributed by atoms with Gasteiger partial charge in [0, 0.05) is 24.0 Å². The monoisotopic (exact) mass is 348 g/mol. The van der Waals surface area contributed by atoms with Gasteiger partial charge < -0.3 is 9.30 Å². The molecular formula is C18H24N2O3S. The first-order valence-electron chi connectivity index (χ1n) is 8.15. The molecule has 6 heteroatoms. The van der Waals surface area contributed by atoms with Crippen LogP contribution in [0.15, 0.2) is 29.2 Å². The van der Waals surface area contributed by atoms with Crippen LogP contribution in [0.25, 0.3) is 0 Å². The first-order chi connectivity index (χ1) is 11.3. The molecule has 1 aromatic heterocycles. The van der Waals surface area contributed by atoms with Crippen molar-refractivity contribution >= 4 is 10.0 Å². The number of nitrogens with one attached hydrogen (secondary N) is 1. The average molecular weight is 348 g/mol. The van der Waals surface area contributed by atoms with Crippen molar-refractivity contribution in [3.8, 4) is 5.75 Å². The summed E-state index contributed by atoms with van der Waals surface area (Å²) in [5.41, 5.74) is 4.06. The van der Waals surface area contributed by atoms with Crippen LogP contribution in [0, 0.1) is 20.8 Å². The Balaban J connectivity index is 1.80. The summed E-state index contributed by atoms with van der Waals surface area (Å²) in [5, 5.41) is 0. The number of aryl methyl sites for hydroxylation is 2. The van der Waals surface area contributed by atoms with Crippen LogP contribution in [0.2, 0.25) is 0 Å². The van der Waals surface area contributed by atoms with Crippen LogP contribution in [0.4, 0.5) is 0 Å². The maximum atomic E-state index is 12.6. The van der Waals surface area contributed by atoms with Gasteiger partial charge in [-0.3, -0.25) is 0 Å². The molecule has 2 aromatic rings. The number of aromatic nitrogens is 1. The summed E-state index contributed by atoms with van der Waals surface area (Å²) < 4.78 is 35.4. The van der Waals surface area contributed by atoms with Crippen LogP contribution in [0.1, 0.15) is 41.4 Å². The maximum Gasteiger partial charge on any atom is 0.241 e. The highest BCUT2D eigenvalue weighted by molar-refractivity contribution is 7.89. The van der Waals surface area contributed by atoms with Gasteiger partial charge in [-0.25, -0.2) is 13.1 Å². The van der Waals surface area contributed by atoms with Crippen molar-refractivity contribution in [2.75, 3.05) is 7.11 Å². The molecule has 0 atom stereocenters. The summed E-state index contributed by atoms with van der Waals surface area (Å²) in [6.45, 7) is 6.22.